The normalized spacial score (nSPS) is 9.89. The molecule has 0 fully saturated rings. The first-order valence-electron chi connectivity index (χ1n) is 5.87. The van der Waals surface area contributed by atoms with Crippen molar-refractivity contribution in [2.75, 3.05) is 19.8 Å². The van der Waals surface area contributed by atoms with Crippen molar-refractivity contribution in [1.82, 2.24) is 0 Å². The van der Waals surface area contributed by atoms with Gasteiger partial charge in [-0.1, -0.05) is 19.7 Å². The van der Waals surface area contributed by atoms with Crippen LogP contribution in [0.1, 0.15) is 20.8 Å². The van der Waals surface area contributed by atoms with Crippen LogP contribution in [0.5, 0.6) is 0 Å². The molecule has 0 aliphatic carbocycles. The Morgan fingerprint density at radius 3 is 1.95 bits per heavy atom. The molecule has 0 saturated heterocycles. The lowest BCUT2D eigenvalue weighted by atomic mass is 10.4. The fourth-order valence-electron chi connectivity index (χ4n) is 1.04. The Morgan fingerprint density at radius 2 is 1.53 bits per heavy atom. The van der Waals surface area contributed by atoms with Crippen LogP contribution in [0, 0.1) is 0 Å². The van der Waals surface area contributed by atoms with Gasteiger partial charge in [-0.2, -0.15) is 0 Å². The number of carbonyl (C=O) groups is 1. The van der Waals surface area contributed by atoms with Crippen LogP contribution < -0.4 is 0 Å². The Kier molecular flexibility index (Phi) is 8.37. The summed E-state index contributed by atoms with van der Waals surface area (Å²) in [6.45, 7) is 16.3. The average Bonchev–Trinajstić information content (AvgIpc) is 2.26. The van der Waals surface area contributed by atoms with Gasteiger partial charge in [0.1, 0.15) is 13.2 Å². The molecule has 0 bridgehead atoms. The molecule has 19 heavy (non-hydrogen) atoms. The Hall–Kier alpha value is -1.75. The summed E-state index contributed by atoms with van der Waals surface area (Å²) in [5, 5.41) is 0. The number of hydrogen-bond acceptors (Lipinski definition) is 5. The summed E-state index contributed by atoms with van der Waals surface area (Å²) in [7, 11) is 0. The summed E-state index contributed by atoms with van der Waals surface area (Å²) < 4.78 is 20.8. The van der Waals surface area contributed by atoms with E-state index in [0.29, 0.717) is 17.1 Å². The van der Waals surface area contributed by atoms with Crippen LogP contribution in [0.4, 0.5) is 0 Å². The molecule has 0 amide bonds. The molecule has 0 aromatic heterocycles. The van der Waals surface area contributed by atoms with Gasteiger partial charge in [-0.25, -0.2) is 4.79 Å². The molecule has 0 aliphatic rings. The van der Waals surface area contributed by atoms with Gasteiger partial charge < -0.3 is 18.9 Å². The van der Waals surface area contributed by atoms with Crippen molar-refractivity contribution >= 4 is 5.97 Å². The monoisotopic (exact) mass is 270 g/mol. The van der Waals surface area contributed by atoms with Gasteiger partial charge in [0.2, 0.25) is 0 Å². The Balaban J connectivity index is 3.86. The van der Waals surface area contributed by atoms with Gasteiger partial charge in [0, 0.05) is 5.57 Å². The number of carbonyl (C=O) groups excluding carboxylic acids is 1. The van der Waals surface area contributed by atoms with E-state index in [4.69, 9.17) is 18.9 Å². The summed E-state index contributed by atoms with van der Waals surface area (Å²) in [6, 6.07) is 0. The van der Waals surface area contributed by atoms with Gasteiger partial charge in [0.25, 0.3) is 6.29 Å². The SMILES string of the molecule is C=C(C)OC(COCCOC(=O)C(=C)C)OC(=C)C. The van der Waals surface area contributed by atoms with Gasteiger partial charge in [-0.15, -0.1) is 0 Å². The van der Waals surface area contributed by atoms with Gasteiger partial charge in [-0.3, -0.25) is 0 Å². The van der Waals surface area contributed by atoms with Gasteiger partial charge in [-0.05, 0) is 20.8 Å². The van der Waals surface area contributed by atoms with E-state index in [0.717, 1.165) is 0 Å². The summed E-state index contributed by atoms with van der Waals surface area (Å²) in [5.41, 5.74) is 0.356. The molecule has 0 heterocycles. The lowest BCUT2D eigenvalue weighted by molar-refractivity contribution is -0.145. The molecule has 0 atom stereocenters. The molecular formula is C14H22O5. The predicted octanol–water partition coefficient (Wildman–Crippen LogP) is 2.55. The first kappa shape index (κ1) is 17.2. The van der Waals surface area contributed by atoms with Gasteiger partial charge in [0.05, 0.1) is 18.1 Å². The van der Waals surface area contributed by atoms with Crippen molar-refractivity contribution in [1.29, 1.82) is 0 Å². The minimum atomic E-state index is -0.605. The first-order valence-corrected chi connectivity index (χ1v) is 5.87. The predicted molar refractivity (Wildman–Crippen MR) is 72.2 cm³/mol. The van der Waals surface area contributed by atoms with E-state index >= 15 is 0 Å². The van der Waals surface area contributed by atoms with Crippen LogP contribution in [0.15, 0.2) is 36.8 Å². The van der Waals surface area contributed by atoms with Crippen molar-refractivity contribution < 1.29 is 23.7 Å². The minimum Gasteiger partial charge on any atom is -0.460 e. The van der Waals surface area contributed by atoms with E-state index in [1.165, 1.54) is 0 Å². The highest BCUT2D eigenvalue weighted by Crippen LogP contribution is 2.06. The lowest BCUT2D eigenvalue weighted by Crippen LogP contribution is -2.23. The topological polar surface area (TPSA) is 54.0 Å². The number of esters is 1. The van der Waals surface area contributed by atoms with Gasteiger partial charge in [0.15, 0.2) is 0 Å². The van der Waals surface area contributed by atoms with Gasteiger partial charge >= 0.3 is 5.97 Å². The first-order chi connectivity index (χ1) is 8.82. The second kappa shape index (κ2) is 9.22. The second-order valence-electron chi connectivity index (χ2n) is 4.06. The van der Waals surface area contributed by atoms with Crippen molar-refractivity contribution in [2.45, 2.75) is 27.1 Å². The number of hydrogen-bond donors (Lipinski definition) is 0. The van der Waals surface area contributed by atoms with E-state index < -0.39 is 12.3 Å². The summed E-state index contributed by atoms with van der Waals surface area (Å²) in [5.74, 6) is 0.601. The minimum absolute atomic E-state index is 0.151. The maximum atomic E-state index is 11.1. The highest BCUT2D eigenvalue weighted by atomic mass is 16.7. The molecule has 0 saturated carbocycles. The lowest BCUT2D eigenvalue weighted by Gasteiger charge is -2.20. The van der Waals surface area contributed by atoms with E-state index in [1.807, 2.05) is 0 Å². The Labute approximate surface area is 114 Å². The van der Waals surface area contributed by atoms with E-state index in [9.17, 15) is 4.79 Å². The second-order valence-corrected chi connectivity index (χ2v) is 4.06. The van der Waals surface area contributed by atoms with E-state index in [2.05, 4.69) is 19.7 Å². The van der Waals surface area contributed by atoms with Crippen LogP contribution in [-0.2, 0) is 23.7 Å². The maximum Gasteiger partial charge on any atom is 0.333 e. The van der Waals surface area contributed by atoms with Crippen LogP contribution in [-0.4, -0.2) is 32.1 Å². The fourth-order valence-corrected chi connectivity index (χ4v) is 1.04. The molecule has 108 valence electrons. The maximum absolute atomic E-state index is 11.1. The molecule has 0 radical (unpaired) electrons. The number of allylic oxidation sites excluding steroid dienone is 2. The molecule has 0 aromatic rings. The standard InChI is InChI=1S/C14H22O5/c1-10(2)14(15)17-8-7-16-9-13(18-11(3)4)19-12(5)6/h13H,1,3,5,7-9H2,2,4,6H3. The van der Waals surface area contributed by atoms with Crippen LogP contribution >= 0.6 is 0 Å². The van der Waals surface area contributed by atoms with Crippen molar-refractivity contribution in [3.8, 4) is 0 Å². The molecule has 0 spiro atoms. The third kappa shape index (κ3) is 9.91. The third-order valence-corrected chi connectivity index (χ3v) is 1.73. The summed E-state index contributed by atoms with van der Waals surface area (Å²) in [4.78, 5) is 11.1. The molecular weight excluding hydrogens is 248 g/mol. The smallest absolute Gasteiger partial charge is 0.333 e. The van der Waals surface area contributed by atoms with Crippen LogP contribution in [0.3, 0.4) is 0 Å². The zero-order valence-electron chi connectivity index (χ0n) is 11.9. The zero-order valence-corrected chi connectivity index (χ0v) is 11.9. The Bertz CT molecular complexity index is 330. The summed E-state index contributed by atoms with van der Waals surface area (Å²) >= 11 is 0. The Morgan fingerprint density at radius 1 is 1.00 bits per heavy atom. The van der Waals surface area contributed by atoms with Crippen molar-refractivity contribution in [3.63, 3.8) is 0 Å². The fraction of sp³-hybridized carbons (Fsp3) is 0.500. The van der Waals surface area contributed by atoms with Crippen molar-refractivity contribution in [3.05, 3.63) is 36.8 Å². The quantitative estimate of drug-likeness (QED) is 0.201. The molecule has 0 N–H and O–H groups in total. The van der Waals surface area contributed by atoms with E-state index in [1.54, 1.807) is 20.8 Å². The average molecular weight is 270 g/mol. The highest BCUT2D eigenvalue weighted by Gasteiger charge is 2.11. The number of ether oxygens (including phenoxy) is 4. The largest absolute Gasteiger partial charge is 0.460 e. The number of rotatable bonds is 10. The molecule has 0 rings (SSSR count). The van der Waals surface area contributed by atoms with Crippen LogP contribution in [0.2, 0.25) is 0 Å². The third-order valence-electron chi connectivity index (χ3n) is 1.73. The van der Waals surface area contributed by atoms with Crippen LogP contribution in [0.25, 0.3) is 0 Å². The highest BCUT2D eigenvalue weighted by molar-refractivity contribution is 5.86. The zero-order chi connectivity index (χ0) is 14.8. The molecule has 5 nitrogen and oxygen atoms in total. The van der Waals surface area contributed by atoms with E-state index in [-0.39, 0.29) is 19.8 Å². The molecule has 0 aromatic carbocycles. The molecule has 0 aliphatic heterocycles. The molecule has 5 heteroatoms. The van der Waals surface area contributed by atoms with Crippen molar-refractivity contribution in [2.24, 2.45) is 0 Å². The molecule has 0 unspecified atom stereocenters. The summed E-state index contributed by atoms with van der Waals surface area (Å²) in [6.07, 6.45) is -0.605.